The first-order chi connectivity index (χ1) is 11.6. The van der Waals surface area contributed by atoms with E-state index in [0.717, 1.165) is 0 Å². The van der Waals surface area contributed by atoms with Crippen molar-refractivity contribution in [2.24, 2.45) is 0 Å². The van der Waals surface area contributed by atoms with Gasteiger partial charge in [-0.2, -0.15) is 0 Å². The average molecular weight is 321 g/mol. The number of rotatable bonds is 4. The Balaban J connectivity index is 2.16. The summed E-state index contributed by atoms with van der Waals surface area (Å²) in [7, 11) is 0. The van der Waals surface area contributed by atoms with Crippen molar-refractivity contribution in [3.8, 4) is 22.5 Å². The Bertz CT molecular complexity index is 868. The van der Waals surface area contributed by atoms with E-state index in [-0.39, 0.29) is 11.4 Å². The van der Waals surface area contributed by atoms with Gasteiger partial charge in [-0.05, 0) is 36.4 Å². The highest BCUT2D eigenvalue weighted by atomic mass is 16.4. The number of aromatic nitrogens is 3. The SMILES string of the molecule is O=C(O)c1ncccc1-c1cccc(-c2cccnc2C(=O)O)n1. The summed E-state index contributed by atoms with van der Waals surface area (Å²) in [5.74, 6) is -2.32. The molecule has 2 N–H and O–H groups in total. The summed E-state index contributed by atoms with van der Waals surface area (Å²) in [4.78, 5) is 34.7. The van der Waals surface area contributed by atoms with Crippen LogP contribution in [0.15, 0.2) is 54.9 Å². The molecule has 3 aromatic heterocycles. The van der Waals surface area contributed by atoms with E-state index in [1.807, 2.05) is 0 Å². The van der Waals surface area contributed by atoms with Gasteiger partial charge in [-0.15, -0.1) is 0 Å². The smallest absolute Gasteiger partial charge is 0.355 e. The largest absolute Gasteiger partial charge is 0.476 e. The second-order valence-electron chi connectivity index (χ2n) is 4.82. The lowest BCUT2D eigenvalue weighted by Gasteiger charge is -2.08. The zero-order valence-electron chi connectivity index (χ0n) is 12.2. The normalized spacial score (nSPS) is 10.3. The Labute approximate surface area is 136 Å². The van der Waals surface area contributed by atoms with E-state index in [1.165, 1.54) is 12.4 Å². The van der Waals surface area contributed by atoms with Gasteiger partial charge in [-0.1, -0.05) is 6.07 Å². The fourth-order valence-corrected chi connectivity index (χ4v) is 2.30. The molecule has 0 radical (unpaired) electrons. The first-order valence-electron chi connectivity index (χ1n) is 6.92. The molecule has 0 unspecified atom stereocenters. The minimum Gasteiger partial charge on any atom is -0.476 e. The van der Waals surface area contributed by atoms with Crippen molar-refractivity contribution in [1.82, 2.24) is 15.0 Å². The van der Waals surface area contributed by atoms with E-state index in [0.29, 0.717) is 22.5 Å². The van der Waals surface area contributed by atoms with Crippen molar-refractivity contribution < 1.29 is 19.8 Å². The topological polar surface area (TPSA) is 113 Å². The molecule has 7 heteroatoms. The molecular formula is C17H11N3O4. The Morgan fingerprint density at radius 2 is 1.17 bits per heavy atom. The highest BCUT2D eigenvalue weighted by Crippen LogP contribution is 2.25. The van der Waals surface area contributed by atoms with Crippen LogP contribution in [0.5, 0.6) is 0 Å². The number of nitrogens with zero attached hydrogens (tertiary/aromatic N) is 3. The second-order valence-corrected chi connectivity index (χ2v) is 4.82. The van der Waals surface area contributed by atoms with Crippen LogP contribution in [0.2, 0.25) is 0 Å². The van der Waals surface area contributed by atoms with E-state index < -0.39 is 11.9 Å². The van der Waals surface area contributed by atoms with Gasteiger partial charge in [0.25, 0.3) is 0 Å². The molecule has 24 heavy (non-hydrogen) atoms. The number of hydrogen-bond acceptors (Lipinski definition) is 5. The van der Waals surface area contributed by atoms with Gasteiger partial charge in [0.2, 0.25) is 0 Å². The molecule has 3 aromatic rings. The van der Waals surface area contributed by atoms with Crippen LogP contribution < -0.4 is 0 Å². The lowest BCUT2D eigenvalue weighted by atomic mass is 10.1. The molecule has 3 heterocycles. The molecule has 0 fully saturated rings. The Morgan fingerprint density at radius 1 is 0.708 bits per heavy atom. The van der Waals surface area contributed by atoms with E-state index in [4.69, 9.17) is 0 Å². The van der Waals surface area contributed by atoms with Gasteiger partial charge in [-0.25, -0.2) is 24.5 Å². The standard InChI is InChI=1S/C17H11N3O4/c21-16(22)14-10(4-2-8-18-14)12-6-1-7-13(20-12)11-5-3-9-19-15(11)17(23)24/h1-9H,(H,21,22)(H,23,24). The molecule has 0 aliphatic heterocycles. The molecule has 0 atom stereocenters. The van der Waals surface area contributed by atoms with E-state index in [9.17, 15) is 19.8 Å². The molecule has 118 valence electrons. The van der Waals surface area contributed by atoms with Gasteiger partial charge >= 0.3 is 11.9 Å². The molecule has 0 spiro atoms. The first kappa shape index (κ1) is 15.3. The van der Waals surface area contributed by atoms with Crippen LogP contribution in [0, 0.1) is 0 Å². The fourth-order valence-electron chi connectivity index (χ4n) is 2.30. The summed E-state index contributed by atoms with van der Waals surface area (Å²) >= 11 is 0. The highest BCUT2D eigenvalue weighted by molar-refractivity contribution is 5.95. The second kappa shape index (κ2) is 6.25. The van der Waals surface area contributed by atoms with Gasteiger partial charge in [0, 0.05) is 23.5 Å². The first-order valence-corrected chi connectivity index (χ1v) is 6.92. The average Bonchev–Trinajstić information content (AvgIpc) is 2.61. The summed E-state index contributed by atoms with van der Waals surface area (Å²) < 4.78 is 0. The molecule has 0 bridgehead atoms. The number of aromatic carboxylic acids is 2. The third-order valence-electron chi connectivity index (χ3n) is 3.32. The lowest BCUT2D eigenvalue weighted by molar-refractivity contribution is 0.0680. The van der Waals surface area contributed by atoms with Crippen molar-refractivity contribution in [3.05, 3.63) is 66.2 Å². The quantitative estimate of drug-likeness (QED) is 0.759. The van der Waals surface area contributed by atoms with Crippen LogP contribution in [0.1, 0.15) is 21.0 Å². The molecule has 0 aliphatic rings. The number of hydrogen-bond donors (Lipinski definition) is 2. The molecular weight excluding hydrogens is 310 g/mol. The Hall–Kier alpha value is -3.61. The fraction of sp³-hybridized carbons (Fsp3) is 0. The predicted octanol–water partition coefficient (Wildman–Crippen LogP) is 2.60. The number of carbonyl (C=O) groups is 2. The monoisotopic (exact) mass is 321 g/mol. The minimum absolute atomic E-state index is 0.119. The van der Waals surface area contributed by atoms with Gasteiger partial charge in [-0.3, -0.25) is 0 Å². The van der Waals surface area contributed by atoms with E-state index in [2.05, 4.69) is 15.0 Å². The van der Waals surface area contributed by atoms with Crippen LogP contribution in [-0.4, -0.2) is 37.1 Å². The van der Waals surface area contributed by atoms with Crippen LogP contribution in [0.4, 0.5) is 0 Å². The Morgan fingerprint density at radius 3 is 1.58 bits per heavy atom. The maximum Gasteiger partial charge on any atom is 0.355 e. The third-order valence-corrected chi connectivity index (χ3v) is 3.32. The van der Waals surface area contributed by atoms with Crippen LogP contribution in [-0.2, 0) is 0 Å². The highest BCUT2D eigenvalue weighted by Gasteiger charge is 2.17. The summed E-state index contributed by atoms with van der Waals surface area (Å²) in [5, 5.41) is 18.5. The predicted molar refractivity (Wildman–Crippen MR) is 84.6 cm³/mol. The lowest BCUT2D eigenvalue weighted by Crippen LogP contribution is -2.05. The van der Waals surface area contributed by atoms with Gasteiger partial charge in [0.05, 0.1) is 11.4 Å². The molecule has 7 nitrogen and oxygen atoms in total. The van der Waals surface area contributed by atoms with Crippen molar-refractivity contribution in [3.63, 3.8) is 0 Å². The number of carboxylic acid groups (broad SMARTS) is 2. The van der Waals surface area contributed by atoms with Gasteiger partial charge in [0.1, 0.15) is 0 Å². The minimum atomic E-state index is -1.16. The molecule has 3 rings (SSSR count). The zero-order chi connectivity index (χ0) is 17.1. The zero-order valence-corrected chi connectivity index (χ0v) is 12.2. The number of carboxylic acids is 2. The summed E-state index contributed by atoms with van der Waals surface area (Å²) in [6.45, 7) is 0. The van der Waals surface area contributed by atoms with Crippen molar-refractivity contribution >= 4 is 11.9 Å². The molecule has 0 saturated carbocycles. The van der Waals surface area contributed by atoms with Gasteiger partial charge < -0.3 is 10.2 Å². The van der Waals surface area contributed by atoms with Crippen LogP contribution in [0.3, 0.4) is 0 Å². The van der Waals surface area contributed by atoms with Crippen LogP contribution >= 0.6 is 0 Å². The van der Waals surface area contributed by atoms with Crippen molar-refractivity contribution in [2.45, 2.75) is 0 Å². The summed E-state index contributed by atoms with van der Waals surface area (Å²) in [6.07, 6.45) is 2.78. The summed E-state index contributed by atoms with van der Waals surface area (Å²) in [6, 6.07) is 11.4. The van der Waals surface area contributed by atoms with Crippen molar-refractivity contribution in [2.75, 3.05) is 0 Å². The van der Waals surface area contributed by atoms with Gasteiger partial charge in [0.15, 0.2) is 11.4 Å². The molecule has 0 saturated heterocycles. The number of pyridine rings is 3. The third kappa shape index (κ3) is 2.82. The molecule has 0 aliphatic carbocycles. The van der Waals surface area contributed by atoms with E-state index in [1.54, 1.807) is 42.5 Å². The summed E-state index contributed by atoms with van der Waals surface area (Å²) in [5.41, 5.74) is 1.25. The van der Waals surface area contributed by atoms with E-state index >= 15 is 0 Å². The van der Waals surface area contributed by atoms with Crippen molar-refractivity contribution in [1.29, 1.82) is 0 Å². The maximum absolute atomic E-state index is 11.3. The Kier molecular flexibility index (Phi) is 3.98. The van der Waals surface area contributed by atoms with Crippen LogP contribution in [0.25, 0.3) is 22.5 Å². The molecule has 0 aromatic carbocycles. The maximum atomic E-state index is 11.3. The molecule has 0 amide bonds.